The van der Waals surface area contributed by atoms with Crippen molar-refractivity contribution >= 4 is 17.6 Å². The zero-order valence-electron chi connectivity index (χ0n) is 13.3. The molecule has 2 amide bonds. The minimum Gasteiger partial charge on any atom is -0.393 e. The van der Waals surface area contributed by atoms with Crippen molar-refractivity contribution in [1.82, 2.24) is 10.2 Å². The summed E-state index contributed by atoms with van der Waals surface area (Å²) in [5.41, 5.74) is 0.654. The average Bonchev–Trinajstić information content (AvgIpc) is 2.46. The Bertz CT molecular complexity index is 556. The summed E-state index contributed by atoms with van der Waals surface area (Å²) in [5.74, 6) is -0.414. The Morgan fingerprint density at radius 1 is 1.57 bits per heavy atom. The molecule has 2 rings (SSSR count). The number of benzene rings is 1. The van der Waals surface area contributed by atoms with E-state index in [-0.39, 0.29) is 23.1 Å². The molecule has 1 saturated heterocycles. The summed E-state index contributed by atoms with van der Waals surface area (Å²) in [4.78, 5) is 14.2. The van der Waals surface area contributed by atoms with Gasteiger partial charge in [0.05, 0.1) is 31.4 Å². The number of amides is 2. The molecule has 0 aliphatic carbocycles. The van der Waals surface area contributed by atoms with E-state index in [1.54, 1.807) is 24.8 Å². The highest BCUT2D eigenvalue weighted by atomic mass is 35.5. The highest BCUT2D eigenvalue weighted by molar-refractivity contribution is 6.31. The molecule has 1 aliphatic heterocycles. The van der Waals surface area contributed by atoms with Gasteiger partial charge in [-0.3, -0.25) is 0 Å². The minimum absolute atomic E-state index is 0.167. The van der Waals surface area contributed by atoms with Gasteiger partial charge in [0.25, 0.3) is 0 Å². The summed E-state index contributed by atoms with van der Waals surface area (Å²) in [6, 6.07) is 3.34. The molecule has 0 saturated carbocycles. The molecule has 7 heteroatoms. The van der Waals surface area contributed by atoms with Crippen LogP contribution in [0.15, 0.2) is 18.2 Å². The van der Waals surface area contributed by atoms with Crippen molar-refractivity contribution in [3.63, 3.8) is 0 Å². The van der Waals surface area contributed by atoms with E-state index >= 15 is 0 Å². The predicted molar refractivity (Wildman–Crippen MR) is 86.0 cm³/mol. The van der Waals surface area contributed by atoms with Crippen LogP contribution in [0.2, 0.25) is 5.02 Å². The number of carbonyl (C=O) groups is 1. The Kier molecular flexibility index (Phi) is 6.21. The minimum atomic E-state index is -0.513. The lowest BCUT2D eigenvalue weighted by Crippen LogP contribution is -2.53. The number of morpholine rings is 1. The maximum absolute atomic E-state index is 13.1. The van der Waals surface area contributed by atoms with Crippen LogP contribution in [0.25, 0.3) is 0 Å². The molecule has 1 heterocycles. The third-order valence-corrected chi connectivity index (χ3v) is 4.20. The molecule has 2 N–H and O–H groups in total. The molecule has 0 spiro atoms. The van der Waals surface area contributed by atoms with Crippen molar-refractivity contribution in [2.45, 2.75) is 38.5 Å². The number of aliphatic hydroxyl groups excluding tert-OH is 1. The summed E-state index contributed by atoms with van der Waals surface area (Å²) in [6.45, 7) is 4.82. The molecule has 0 bridgehead atoms. The number of hydrogen-bond donors (Lipinski definition) is 2. The van der Waals surface area contributed by atoms with Crippen molar-refractivity contribution in [2.24, 2.45) is 0 Å². The van der Waals surface area contributed by atoms with Crippen LogP contribution in [0.3, 0.4) is 0 Å². The van der Waals surface area contributed by atoms with Gasteiger partial charge < -0.3 is 20.1 Å². The summed E-state index contributed by atoms with van der Waals surface area (Å²) in [6.07, 6.45) is -0.0555. The van der Waals surface area contributed by atoms with Crippen LogP contribution in [0, 0.1) is 5.82 Å². The van der Waals surface area contributed by atoms with Gasteiger partial charge in [-0.1, -0.05) is 17.7 Å². The van der Waals surface area contributed by atoms with E-state index in [1.165, 1.54) is 12.1 Å². The molecule has 128 valence electrons. The standard InChI is InChI=1S/C16H22ClFN2O3/c1-10(21)7-13-9-23-6-5-20(13)16(22)19-11(2)14-4-3-12(18)8-15(14)17/h3-4,8,10-11,13,21H,5-7,9H2,1-2H3,(H,19,22)/t10-,11+,13+/m0/s1. The van der Waals surface area contributed by atoms with E-state index in [2.05, 4.69) is 5.32 Å². The molecular formula is C16H22ClFN2O3. The fourth-order valence-corrected chi connectivity index (χ4v) is 3.04. The van der Waals surface area contributed by atoms with E-state index < -0.39 is 11.9 Å². The third kappa shape index (κ3) is 4.80. The molecule has 1 fully saturated rings. The molecule has 1 aromatic carbocycles. The fourth-order valence-electron chi connectivity index (χ4n) is 2.71. The number of urea groups is 1. The number of nitrogens with one attached hydrogen (secondary N) is 1. The number of nitrogens with zero attached hydrogens (tertiary/aromatic N) is 1. The largest absolute Gasteiger partial charge is 0.393 e. The van der Waals surface area contributed by atoms with Gasteiger partial charge in [-0.25, -0.2) is 9.18 Å². The van der Waals surface area contributed by atoms with Crippen LogP contribution in [0.1, 0.15) is 31.9 Å². The summed E-state index contributed by atoms with van der Waals surface area (Å²) < 4.78 is 18.5. The second-order valence-corrected chi connectivity index (χ2v) is 6.25. The maximum Gasteiger partial charge on any atom is 0.318 e. The smallest absolute Gasteiger partial charge is 0.318 e. The Labute approximate surface area is 140 Å². The van der Waals surface area contributed by atoms with Gasteiger partial charge in [0.15, 0.2) is 0 Å². The van der Waals surface area contributed by atoms with Crippen molar-refractivity contribution < 1.29 is 19.0 Å². The van der Waals surface area contributed by atoms with Gasteiger partial charge in [0, 0.05) is 11.6 Å². The highest BCUT2D eigenvalue weighted by Gasteiger charge is 2.29. The third-order valence-electron chi connectivity index (χ3n) is 3.87. The first-order valence-corrected chi connectivity index (χ1v) is 8.04. The van der Waals surface area contributed by atoms with Gasteiger partial charge in [0.1, 0.15) is 5.82 Å². The second kappa shape index (κ2) is 7.95. The van der Waals surface area contributed by atoms with Gasteiger partial charge in [-0.2, -0.15) is 0 Å². The van der Waals surface area contributed by atoms with Crippen molar-refractivity contribution in [1.29, 1.82) is 0 Å². The van der Waals surface area contributed by atoms with Crippen molar-refractivity contribution in [3.05, 3.63) is 34.6 Å². The van der Waals surface area contributed by atoms with Crippen LogP contribution < -0.4 is 5.32 Å². The van der Waals surface area contributed by atoms with E-state index in [0.717, 1.165) is 0 Å². The SMILES string of the molecule is C[C@H](O)C[C@@H]1COCCN1C(=O)N[C@H](C)c1ccc(F)cc1Cl. The number of rotatable bonds is 4. The molecule has 0 unspecified atom stereocenters. The van der Waals surface area contributed by atoms with Crippen molar-refractivity contribution in [2.75, 3.05) is 19.8 Å². The Balaban J connectivity index is 2.04. The normalized spacial score (nSPS) is 20.9. The summed E-state index contributed by atoms with van der Waals surface area (Å²) in [7, 11) is 0. The van der Waals surface area contributed by atoms with Crippen LogP contribution in [0.4, 0.5) is 9.18 Å². The average molecular weight is 345 g/mol. The Hall–Kier alpha value is -1.37. The Morgan fingerprint density at radius 2 is 2.30 bits per heavy atom. The molecular weight excluding hydrogens is 323 g/mol. The molecule has 5 nitrogen and oxygen atoms in total. The van der Waals surface area contributed by atoms with Crippen LogP contribution in [0.5, 0.6) is 0 Å². The van der Waals surface area contributed by atoms with E-state index in [0.29, 0.717) is 31.7 Å². The highest BCUT2D eigenvalue weighted by Crippen LogP contribution is 2.24. The zero-order chi connectivity index (χ0) is 17.0. The van der Waals surface area contributed by atoms with Crippen molar-refractivity contribution in [3.8, 4) is 0 Å². The molecule has 3 atom stereocenters. The first kappa shape index (κ1) is 18.0. The lowest BCUT2D eigenvalue weighted by molar-refractivity contribution is -0.00473. The number of halogens is 2. The number of aliphatic hydroxyl groups is 1. The first-order valence-electron chi connectivity index (χ1n) is 7.66. The summed E-state index contributed by atoms with van der Waals surface area (Å²) >= 11 is 6.03. The topological polar surface area (TPSA) is 61.8 Å². The first-order chi connectivity index (χ1) is 10.9. The lowest BCUT2D eigenvalue weighted by atomic mass is 10.1. The molecule has 1 aromatic rings. The summed E-state index contributed by atoms with van der Waals surface area (Å²) in [5, 5.41) is 12.7. The number of carbonyl (C=O) groups excluding carboxylic acids is 1. The van der Waals surface area contributed by atoms with E-state index in [1.807, 2.05) is 0 Å². The predicted octanol–water partition coefficient (Wildman–Crippen LogP) is 2.72. The molecule has 23 heavy (non-hydrogen) atoms. The number of hydrogen-bond acceptors (Lipinski definition) is 3. The number of ether oxygens (including phenoxy) is 1. The second-order valence-electron chi connectivity index (χ2n) is 5.84. The maximum atomic E-state index is 13.1. The van der Waals surface area contributed by atoms with Gasteiger partial charge in [0.2, 0.25) is 0 Å². The molecule has 0 aromatic heterocycles. The monoisotopic (exact) mass is 344 g/mol. The van der Waals surface area contributed by atoms with Gasteiger partial charge in [-0.05, 0) is 38.0 Å². The van der Waals surface area contributed by atoms with Gasteiger partial charge >= 0.3 is 6.03 Å². The molecule has 1 aliphatic rings. The van der Waals surface area contributed by atoms with Gasteiger partial charge in [-0.15, -0.1) is 0 Å². The van der Waals surface area contributed by atoms with E-state index in [4.69, 9.17) is 16.3 Å². The van der Waals surface area contributed by atoms with Crippen LogP contribution in [-0.2, 0) is 4.74 Å². The quantitative estimate of drug-likeness (QED) is 0.882. The zero-order valence-corrected chi connectivity index (χ0v) is 14.0. The van der Waals surface area contributed by atoms with Crippen LogP contribution in [-0.4, -0.2) is 47.9 Å². The Morgan fingerprint density at radius 3 is 2.96 bits per heavy atom. The fraction of sp³-hybridized carbons (Fsp3) is 0.562. The molecule has 0 radical (unpaired) electrons. The van der Waals surface area contributed by atoms with Crippen LogP contribution >= 0.6 is 11.6 Å². The lowest BCUT2D eigenvalue weighted by Gasteiger charge is -2.37. The van der Waals surface area contributed by atoms with E-state index in [9.17, 15) is 14.3 Å².